The Hall–Kier alpha value is -0.530. The third-order valence-corrected chi connectivity index (χ3v) is 2.76. The summed E-state index contributed by atoms with van der Waals surface area (Å²) >= 11 is 0. The minimum atomic E-state index is -0.694. The highest BCUT2D eigenvalue weighted by Gasteiger charge is 2.20. The number of halogens is 1. The van der Waals surface area contributed by atoms with E-state index in [2.05, 4.69) is 13.8 Å². The maximum atomic E-state index is 13.3. The minimum absolute atomic E-state index is 0.546. The summed E-state index contributed by atoms with van der Waals surface area (Å²) in [5.74, 6) is 1.59. The molecule has 0 saturated carbocycles. The average Bonchev–Trinajstić information content (AvgIpc) is 2.18. The molecule has 1 nitrogen and oxygen atoms in total. The van der Waals surface area contributed by atoms with Gasteiger partial charge in [0.25, 0.3) is 0 Å². The average molecular weight is 200 g/mol. The van der Waals surface area contributed by atoms with E-state index in [0.29, 0.717) is 18.8 Å². The molecule has 1 rings (SSSR count). The molecule has 0 amide bonds. The quantitative estimate of drug-likeness (QED) is 0.670. The molecule has 2 heteroatoms. The van der Waals surface area contributed by atoms with Crippen LogP contribution in [0, 0.1) is 5.92 Å². The second-order valence-corrected chi connectivity index (χ2v) is 4.21. The molecule has 82 valence electrons. The molecular formula is C12H21FO. The van der Waals surface area contributed by atoms with Crippen molar-refractivity contribution < 1.29 is 9.13 Å². The SMILES string of the molecule is CCC1=C(CC(F)CC)CC(C)CO1. The zero-order valence-electron chi connectivity index (χ0n) is 9.48. The van der Waals surface area contributed by atoms with E-state index in [4.69, 9.17) is 4.74 Å². The fourth-order valence-electron chi connectivity index (χ4n) is 1.90. The Morgan fingerprint density at radius 2 is 2.21 bits per heavy atom. The molecule has 0 aromatic carbocycles. The van der Waals surface area contributed by atoms with Gasteiger partial charge in [-0.2, -0.15) is 0 Å². The zero-order valence-corrected chi connectivity index (χ0v) is 9.48. The number of allylic oxidation sites excluding steroid dienone is 2. The van der Waals surface area contributed by atoms with Crippen LogP contribution in [0.15, 0.2) is 11.3 Å². The molecule has 0 saturated heterocycles. The lowest BCUT2D eigenvalue weighted by atomic mass is 9.93. The maximum absolute atomic E-state index is 13.3. The Labute approximate surface area is 86.3 Å². The highest BCUT2D eigenvalue weighted by atomic mass is 19.1. The zero-order chi connectivity index (χ0) is 10.6. The van der Waals surface area contributed by atoms with Crippen molar-refractivity contribution in [3.05, 3.63) is 11.3 Å². The van der Waals surface area contributed by atoms with Crippen LogP contribution in [0.25, 0.3) is 0 Å². The molecule has 14 heavy (non-hydrogen) atoms. The molecule has 2 unspecified atom stereocenters. The van der Waals surface area contributed by atoms with Crippen molar-refractivity contribution >= 4 is 0 Å². The molecular weight excluding hydrogens is 179 g/mol. The van der Waals surface area contributed by atoms with Crippen LogP contribution in [0.2, 0.25) is 0 Å². The number of alkyl halides is 1. The predicted molar refractivity (Wildman–Crippen MR) is 56.9 cm³/mol. The van der Waals surface area contributed by atoms with Crippen molar-refractivity contribution in [2.24, 2.45) is 5.92 Å². The monoisotopic (exact) mass is 200 g/mol. The van der Waals surface area contributed by atoms with E-state index in [0.717, 1.165) is 25.2 Å². The van der Waals surface area contributed by atoms with E-state index in [-0.39, 0.29) is 0 Å². The van der Waals surface area contributed by atoms with E-state index in [1.165, 1.54) is 5.57 Å². The van der Waals surface area contributed by atoms with E-state index in [1.54, 1.807) is 0 Å². The van der Waals surface area contributed by atoms with Crippen molar-refractivity contribution in [1.82, 2.24) is 0 Å². The number of hydrogen-bond acceptors (Lipinski definition) is 1. The fraction of sp³-hybridized carbons (Fsp3) is 0.833. The molecule has 0 aromatic heterocycles. The van der Waals surface area contributed by atoms with E-state index in [1.807, 2.05) is 6.92 Å². The van der Waals surface area contributed by atoms with Gasteiger partial charge in [0, 0.05) is 12.8 Å². The van der Waals surface area contributed by atoms with Gasteiger partial charge in [-0.1, -0.05) is 20.8 Å². The summed E-state index contributed by atoms with van der Waals surface area (Å²) in [5.41, 5.74) is 1.21. The van der Waals surface area contributed by atoms with Crippen molar-refractivity contribution in [2.75, 3.05) is 6.61 Å². The topological polar surface area (TPSA) is 9.23 Å². The number of hydrogen-bond donors (Lipinski definition) is 0. The summed E-state index contributed by atoms with van der Waals surface area (Å²) in [6.07, 6.45) is 2.40. The Morgan fingerprint density at radius 1 is 1.50 bits per heavy atom. The molecule has 0 aromatic rings. The normalized spacial score (nSPS) is 24.7. The molecule has 0 fully saturated rings. The summed E-state index contributed by atoms with van der Waals surface area (Å²) in [5, 5.41) is 0. The summed E-state index contributed by atoms with van der Waals surface area (Å²) in [7, 11) is 0. The Kier molecular flexibility index (Phi) is 4.43. The third-order valence-electron chi connectivity index (χ3n) is 2.76. The van der Waals surface area contributed by atoms with E-state index < -0.39 is 6.17 Å². The largest absolute Gasteiger partial charge is 0.498 e. The predicted octanol–water partition coefficient (Wildman–Crippen LogP) is 3.85. The second kappa shape index (κ2) is 5.38. The van der Waals surface area contributed by atoms with Gasteiger partial charge >= 0.3 is 0 Å². The van der Waals surface area contributed by atoms with Crippen molar-refractivity contribution in [3.8, 4) is 0 Å². The van der Waals surface area contributed by atoms with Crippen molar-refractivity contribution in [1.29, 1.82) is 0 Å². The van der Waals surface area contributed by atoms with E-state index >= 15 is 0 Å². The third kappa shape index (κ3) is 3.00. The van der Waals surface area contributed by atoms with Gasteiger partial charge in [0.2, 0.25) is 0 Å². The van der Waals surface area contributed by atoms with Gasteiger partial charge in [0.05, 0.1) is 12.4 Å². The highest BCUT2D eigenvalue weighted by molar-refractivity contribution is 5.12. The molecule has 2 atom stereocenters. The lowest BCUT2D eigenvalue weighted by Crippen LogP contribution is -2.17. The van der Waals surface area contributed by atoms with Gasteiger partial charge in [-0.25, -0.2) is 4.39 Å². The lowest BCUT2D eigenvalue weighted by Gasteiger charge is -2.26. The summed E-state index contributed by atoms with van der Waals surface area (Å²) in [6.45, 7) is 6.93. The summed E-state index contributed by atoms with van der Waals surface area (Å²) in [6, 6.07) is 0. The summed E-state index contributed by atoms with van der Waals surface area (Å²) < 4.78 is 18.9. The van der Waals surface area contributed by atoms with Crippen LogP contribution in [-0.4, -0.2) is 12.8 Å². The molecule has 1 aliphatic rings. The maximum Gasteiger partial charge on any atom is 0.104 e. The van der Waals surface area contributed by atoms with Gasteiger partial charge in [0.15, 0.2) is 0 Å². The molecule has 0 aliphatic carbocycles. The Bertz CT molecular complexity index is 210. The van der Waals surface area contributed by atoms with Crippen LogP contribution in [0.1, 0.15) is 46.5 Å². The van der Waals surface area contributed by atoms with Gasteiger partial charge in [-0.15, -0.1) is 0 Å². The van der Waals surface area contributed by atoms with Crippen molar-refractivity contribution in [2.45, 2.75) is 52.6 Å². The fourth-order valence-corrected chi connectivity index (χ4v) is 1.90. The van der Waals surface area contributed by atoms with Crippen LogP contribution in [0.4, 0.5) is 4.39 Å². The van der Waals surface area contributed by atoms with Crippen LogP contribution in [0.5, 0.6) is 0 Å². The van der Waals surface area contributed by atoms with Gasteiger partial charge in [-0.05, 0) is 24.3 Å². The Morgan fingerprint density at radius 3 is 2.79 bits per heavy atom. The van der Waals surface area contributed by atoms with Crippen molar-refractivity contribution in [3.63, 3.8) is 0 Å². The van der Waals surface area contributed by atoms with Crippen LogP contribution < -0.4 is 0 Å². The molecule has 1 aliphatic heterocycles. The van der Waals surface area contributed by atoms with Gasteiger partial charge in [0.1, 0.15) is 6.17 Å². The van der Waals surface area contributed by atoms with Gasteiger partial charge in [-0.3, -0.25) is 0 Å². The molecule has 0 bridgehead atoms. The second-order valence-electron chi connectivity index (χ2n) is 4.21. The van der Waals surface area contributed by atoms with Crippen LogP contribution in [0.3, 0.4) is 0 Å². The van der Waals surface area contributed by atoms with E-state index in [9.17, 15) is 4.39 Å². The molecule has 0 spiro atoms. The molecule has 0 radical (unpaired) electrons. The summed E-state index contributed by atoms with van der Waals surface area (Å²) in [4.78, 5) is 0. The standard InChI is InChI=1S/C12H21FO/c1-4-11(13)7-10-6-9(3)8-14-12(10)5-2/h9,11H,4-8H2,1-3H3. The van der Waals surface area contributed by atoms with Crippen LogP contribution >= 0.6 is 0 Å². The first-order valence-corrected chi connectivity index (χ1v) is 5.65. The minimum Gasteiger partial charge on any atom is -0.498 e. The first kappa shape index (κ1) is 11.5. The number of ether oxygens (including phenoxy) is 1. The lowest BCUT2D eigenvalue weighted by molar-refractivity contribution is 0.136. The van der Waals surface area contributed by atoms with Crippen LogP contribution in [-0.2, 0) is 4.74 Å². The number of rotatable bonds is 4. The highest BCUT2D eigenvalue weighted by Crippen LogP contribution is 2.29. The molecule has 1 heterocycles. The first-order valence-electron chi connectivity index (χ1n) is 5.65. The molecule has 0 N–H and O–H groups in total. The van der Waals surface area contributed by atoms with Gasteiger partial charge < -0.3 is 4.74 Å². The first-order chi connectivity index (χ1) is 6.67. The smallest absolute Gasteiger partial charge is 0.104 e. The Balaban J connectivity index is 2.63.